The second-order valence-corrected chi connectivity index (χ2v) is 4.31. The van der Waals surface area contributed by atoms with Gasteiger partial charge in [0, 0.05) is 0 Å². The van der Waals surface area contributed by atoms with E-state index in [1.54, 1.807) is 0 Å². The Morgan fingerprint density at radius 2 is 2.40 bits per heavy atom. The highest BCUT2D eigenvalue weighted by molar-refractivity contribution is 5.63. The predicted molar refractivity (Wildman–Crippen MR) is 61.4 cm³/mol. The molecule has 0 aliphatic heterocycles. The first-order valence-corrected chi connectivity index (χ1v) is 5.43. The lowest BCUT2D eigenvalue weighted by atomic mass is 9.85. The maximum Gasteiger partial charge on any atom is 0.181 e. The minimum Gasteiger partial charge on any atom is -0.444 e. The number of oxazole rings is 1. The summed E-state index contributed by atoms with van der Waals surface area (Å²) in [4.78, 5) is 4.12. The minimum atomic E-state index is 0.650. The molecule has 1 aromatic heterocycles. The van der Waals surface area contributed by atoms with Crippen molar-refractivity contribution in [1.82, 2.24) is 4.98 Å². The van der Waals surface area contributed by atoms with Crippen LogP contribution in [0.4, 0.5) is 0 Å². The molecule has 1 heterocycles. The Morgan fingerprint density at radius 3 is 2.87 bits per heavy atom. The SMILES string of the molecule is C=C(C)C1CC=C(c2ocnc2C)CC1. The van der Waals surface area contributed by atoms with E-state index in [4.69, 9.17) is 4.42 Å². The molecule has 0 fully saturated rings. The van der Waals surface area contributed by atoms with E-state index >= 15 is 0 Å². The van der Waals surface area contributed by atoms with E-state index in [2.05, 4.69) is 24.6 Å². The van der Waals surface area contributed by atoms with Gasteiger partial charge in [0.05, 0.1) is 5.69 Å². The topological polar surface area (TPSA) is 26.0 Å². The second-order valence-electron chi connectivity index (χ2n) is 4.31. The van der Waals surface area contributed by atoms with Gasteiger partial charge in [0.25, 0.3) is 0 Å². The number of nitrogens with zero attached hydrogens (tertiary/aromatic N) is 1. The third-order valence-electron chi connectivity index (χ3n) is 3.14. The lowest BCUT2D eigenvalue weighted by molar-refractivity contribution is 0.520. The molecule has 15 heavy (non-hydrogen) atoms. The molecule has 0 radical (unpaired) electrons. The van der Waals surface area contributed by atoms with Crippen molar-refractivity contribution in [1.29, 1.82) is 0 Å². The Morgan fingerprint density at radius 1 is 1.60 bits per heavy atom. The van der Waals surface area contributed by atoms with E-state index in [0.29, 0.717) is 5.92 Å². The summed E-state index contributed by atoms with van der Waals surface area (Å²) < 4.78 is 5.40. The summed E-state index contributed by atoms with van der Waals surface area (Å²) in [5.41, 5.74) is 3.59. The molecular formula is C13H17NO. The first-order valence-electron chi connectivity index (χ1n) is 5.43. The molecule has 2 heteroatoms. The van der Waals surface area contributed by atoms with Crippen LogP contribution in [0.1, 0.15) is 37.6 Å². The van der Waals surface area contributed by atoms with Crippen LogP contribution < -0.4 is 0 Å². The van der Waals surface area contributed by atoms with Gasteiger partial charge in [0.15, 0.2) is 12.2 Å². The van der Waals surface area contributed by atoms with Gasteiger partial charge in [-0.25, -0.2) is 4.98 Å². The number of rotatable bonds is 2. The van der Waals surface area contributed by atoms with E-state index in [0.717, 1.165) is 24.3 Å². The fraction of sp³-hybridized carbons (Fsp3) is 0.462. The van der Waals surface area contributed by atoms with Gasteiger partial charge in [-0.1, -0.05) is 18.2 Å². The summed E-state index contributed by atoms with van der Waals surface area (Å²) in [5, 5.41) is 0. The quantitative estimate of drug-likeness (QED) is 0.684. The van der Waals surface area contributed by atoms with Crippen LogP contribution in [0.3, 0.4) is 0 Å². The molecule has 0 spiro atoms. The van der Waals surface area contributed by atoms with Crippen LogP contribution in [0.5, 0.6) is 0 Å². The highest BCUT2D eigenvalue weighted by Gasteiger charge is 2.18. The summed E-state index contributed by atoms with van der Waals surface area (Å²) in [6.07, 6.45) is 7.15. The van der Waals surface area contributed by atoms with Crippen molar-refractivity contribution in [2.75, 3.05) is 0 Å². The molecule has 1 unspecified atom stereocenters. The molecule has 2 nitrogen and oxygen atoms in total. The van der Waals surface area contributed by atoms with Crippen LogP contribution in [0.15, 0.2) is 29.0 Å². The second kappa shape index (κ2) is 4.05. The molecule has 0 N–H and O–H groups in total. The number of hydrogen-bond acceptors (Lipinski definition) is 2. The smallest absolute Gasteiger partial charge is 0.181 e. The Kier molecular flexibility index (Phi) is 2.76. The molecule has 0 saturated heterocycles. The van der Waals surface area contributed by atoms with E-state index in [-0.39, 0.29) is 0 Å². The summed E-state index contributed by atoms with van der Waals surface area (Å²) in [7, 11) is 0. The average Bonchev–Trinajstić information content (AvgIpc) is 2.65. The van der Waals surface area contributed by atoms with Crippen LogP contribution in [0.25, 0.3) is 5.57 Å². The van der Waals surface area contributed by atoms with Gasteiger partial charge in [-0.2, -0.15) is 0 Å². The molecule has 0 aromatic carbocycles. The third kappa shape index (κ3) is 2.04. The van der Waals surface area contributed by atoms with Crippen molar-refractivity contribution >= 4 is 5.57 Å². The lowest BCUT2D eigenvalue weighted by Gasteiger charge is -2.21. The van der Waals surface area contributed by atoms with Gasteiger partial charge in [-0.15, -0.1) is 0 Å². The highest BCUT2D eigenvalue weighted by atomic mass is 16.3. The average molecular weight is 203 g/mol. The van der Waals surface area contributed by atoms with Crippen LogP contribution >= 0.6 is 0 Å². The van der Waals surface area contributed by atoms with Crippen molar-refractivity contribution < 1.29 is 4.42 Å². The molecule has 0 saturated carbocycles. The van der Waals surface area contributed by atoms with Crippen molar-refractivity contribution in [2.45, 2.75) is 33.1 Å². The van der Waals surface area contributed by atoms with Gasteiger partial charge in [-0.3, -0.25) is 0 Å². The highest BCUT2D eigenvalue weighted by Crippen LogP contribution is 2.33. The Labute approximate surface area is 90.7 Å². The van der Waals surface area contributed by atoms with Crippen LogP contribution in [0, 0.1) is 12.8 Å². The summed E-state index contributed by atoms with van der Waals surface area (Å²) >= 11 is 0. The van der Waals surface area contributed by atoms with E-state index < -0.39 is 0 Å². The summed E-state index contributed by atoms with van der Waals surface area (Å²) in [5.74, 6) is 1.62. The molecule has 2 rings (SSSR count). The standard InChI is InChI=1S/C13H17NO/c1-9(2)11-4-6-12(7-5-11)13-10(3)14-8-15-13/h6,8,11H,1,4-5,7H2,2-3H3. The Balaban J connectivity index is 2.15. The van der Waals surface area contributed by atoms with Gasteiger partial charge in [0.1, 0.15) is 0 Å². The van der Waals surface area contributed by atoms with Crippen molar-refractivity contribution in [3.05, 3.63) is 36.1 Å². The van der Waals surface area contributed by atoms with Crippen molar-refractivity contribution in [3.63, 3.8) is 0 Å². The largest absolute Gasteiger partial charge is 0.444 e. The molecule has 1 aliphatic carbocycles. The van der Waals surface area contributed by atoms with E-state index in [1.807, 2.05) is 6.92 Å². The van der Waals surface area contributed by atoms with E-state index in [9.17, 15) is 0 Å². The number of hydrogen-bond donors (Lipinski definition) is 0. The molecular weight excluding hydrogens is 186 g/mol. The first kappa shape index (κ1) is 10.2. The van der Waals surface area contributed by atoms with Gasteiger partial charge in [0.2, 0.25) is 0 Å². The molecule has 0 amide bonds. The summed E-state index contributed by atoms with van der Waals surface area (Å²) in [6, 6.07) is 0. The fourth-order valence-electron chi connectivity index (χ4n) is 2.10. The monoisotopic (exact) mass is 203 g/mol. The Hall–Kier alpha value is -1.31. The predicted octanol–water partition coefficient (Wildman–Crippen LogP) is 3.74. The minimum absolute atomic E-state index is 0.650. The zero-order chi connectivity index (χ0) is 10.8. The molecule has 1 atom stereocenters. The number of allylic oxidation sites excluding steroid dienone is 3. The zero-order valence-corrected chi connectivity index (χ0v) is 9.42. The molecule has 0 bridgehead atoms. The Bertz CT molecular complexity index is 400. The third-order valence-corrected chi connectivity index (χ3v) is 3.14. The van der Waals surface area contributed by atoms with Gasteiger partial charge < -0.3 is 4.42 Å². The first-order chi connectivity index (χ1) is 7.18. The summed E-state index contributed by atoms with van der Waals surface area (Å²) in [6.45, 7) is 8.12. The lowest BCUT2D eigenvalue weighted by Crippen LogP contribution is -2.06. The fourth-order valence-corrected chi connectivity index (χ4v) is 2.10. The molecule has 80 valence electrons. The molecule has 1 aliphatic rings. The zero-order valence-electron chi connectivity index (χ0n) is 9.42. The van der Waals surface area contributed by atoms with Crippen LogP contribution in [0.2, 0.25) is 0 Å². The number of aryl methyl sites for hydroxylation is 1. The normalized spacial score (nSPS) is 21.2. The van der Waals surface area contributed by atoms with Crippen LogP contribution in [-0.2, 0) is 0 Å². The maximum atomic E-state index is 5.40. The van der Waals surface area contributed by atoms with E-state index in [1.165, 1.54) is 24.0 Å². The van der Waals surface area contributed by atoms with Gasteiger partial charge >= 0.3 is 0 Å². The maximum absolute atomic E-state index is 5.40. The van der Waals surface area contributed by atoms with Crippen molar-refractivity contribution in [3.8, 4) is 0 Å². The van der Waals surface area contributed by atoms with Gasteiger partial charge in [-0.05, 0) is 44.6 Å². The molecule has 1 aromatic rings. The van der Waals surface area contributed by atoms with Crippen LogP contribution in [-0.4, -0.2) is 4.98 Å². The van der Waals surface area contributed by atoms with Crippen molar-refractivity contribution in [2.24, 2.45) is 5.92 Å². The number of aromatic nitrogens is 1.